The van der Waals surface area contributed by atoms with Gasteiger partial charge in [-0.1, -0.05) is 0 Å². The topological polar surface area (TPSA) is 20.3 Å². The highest BCUT2D eigenvalue weighted by atomic mass is 35.5. The molecule has 2 rings (SSSR count). The van der Waals surface area contributed by atoms with Gasteiger partial charge in [-0.3, -0.25) is 4.79 Å². The maximum atomic E-state index is 11.4. The predicted octanol–water partition coefficient (Wildman–Crippen LogP) is 2.26. The van der Waals surface area contributed by atoms with Crippen LogP contribution in [0.25, 0.3) is 0 Å². The normalized spacial score (nSPS) is 37.0. The molecule has 0 bridgehead atoms. The van der Waals surface area contributed by atoms with Crippen LogP contribution < -0.4 is 0 Å². The molecule has 1 saturated carbocycles. The van der Waals surface area contributed by atoms with Crippen molar-refractivity contribution in [2.75, 3.05) is 12.4 Å². The molecule has 80 valence electrons. The zero-order valence-electron chi connectivity index (χ0n) is 8.71. The standard InChI is InChI=1S/C11H18ClNO/c1-8(14)13-5-3-2-4-11(13)10-6-9(10)7-12/h9-11H,2-7H2,1H3. The molecule has 3 heteroatoms. The second-order valence-corrected chi connectivity index (χ2v) is 4.90. The van der Waals surface area contributed by atoms with E-state index in [4.69, 9.17) is 11.6 Å². The molecule has 3 atom stereocenters. The van der Waals surface area contributed by atoms with E-state index in [-0.39, 0.29) is 5.91 Å². The molecule has 1 amide bonds. The molecule has 1 aliphatic carbocycles. The van der Waals surface area contributed by atoms with Crippen LogP contribution >= 0.6 is 11.6 Å². The van der Waals surface area contributed by atoms with E-state index in [1.165, 1.54) is 25.7 Å². The van der Waals surface area contributed by atoms with Gasteiger partial charge in [0.15, 0.2) is 0 Å². The number of carbonyl (C=O) groups is 1. The lowest BCUT2D eigenvalue weighted by molar-refractivity contribution is -0.133. The maximum absolute atomic E-state index is 11.4. The lowest BCUT2D eigenvalue weighted by Crippen LogP contribution is -2.44. The Morgan fingerprint density at radius 3 is 2.86 bits per heavy atom. The maximum Gasteiger partial charge on any atom is 0.219 e. The molecule has 2 nitrogen and oxygen atoms in total. The third-order valence-electron chi connectivity index (χ3n) is 3.62. The molecule has 0 aromatic heterocycles. The van der Waals surface area contributed by atoms with Gasteiger partial charge in [0, 0.05) is 25.4 Å². The monoisotopic (exact) mass is 215 g/mol. The molecule has 2 aliphatic rings. The van der Waals surface area contributed by atoms with E-state index in [0.717, 1.165) is 12.4 Å². The van der Waals surface area contributed by atoms with E-state index in [0.29, 0.717) is 17.9 Å². The number of alkyl halides is 1. The second kappa shape index (κ2) is 4.09. The van der Waals surface area contributed by atoms with Crippen LogP contribution in [0, 0.1) is 11.8 Å². The Morgan fingerprint density at radius 2 is 2.29 bits per heavy atom. The molecule has 2 fully saturated rings. The molecular weight excluding hydrogens is 198 g/mol. The molecule has 3 unspecified atom stereocenters. The molecule has 0 radical (unpaired) electrons. The lowest BCUT2D eigenvalue weighted by Gasteiger charge is -2.35. The Bertz CT molecular complexity index is 231. The van der Waals surface area contributed by atoms with Crippen molar-refractivity contribution in [1.82, 2.24) is 4.90 Å². The van der Waals surface area contributed by atoms with Gasteiger partial charge < -0.3 is 4.90 Å². The molecule has 14 heavy (non-hydrogen) atoms. The van der Waals surface area contributed by atoms with Crippen LogP contribution in [0.4, 0.5) is 0 Å². The van der Waals surface area contributed by atoms with Crippen molar-refractivity contribution >= 4 is 17.5 Å². The quantitative estimate of drug-likeness (QED) is 0.648. The number of hydrogen-bond acceptors (Lipinski definition) is 1. The Labute approximate surface area is 90.6 Å². The highest BCUT2D eigenvalue weighted by molar-refractivity contribution is 6.18. The van der Waals surface area contributed by atoms with Crippen LogP contribution in [0.2, 0.25) is 0 Å². The number of likely N-dealkylation sites (tertiary alicyclic amines) is 1. The average molecular weight is 216 g/mol. The van der Waals surface area contributed by atoms with Crippen LogP contribution in [-0.2, 0) is 4.79 Å². The molecule has 0 aromatic rings. The number of halogens is 1. The van der Waals surface area contributed by atoms with E-state index < -0.39 is 0 Å². The van der Waals surface area contributed by atoms with Crippen LogP contribution in [0.3, 0.4) is 0 Å². The summed E-state index contributed by atoms with van der Waals surface area (Å²) in [6, 6.07) is 0.505. The first-order valence-corrected chi connectivity index (χ1v) is 6.10. The number of hydrogen-bond donors (Lipinski definition) is 0. The highest BCUT2D eigenvalue weighted by Gasteiger charge is 2.45. The van der Waals surface area contributed by atoms with E-state index >= 15 is 0 Å². The predicted molar refractivity (Wildman–Crippen MR) is 57.3 cm³/mol. The van der Waals surface area contributed by atoms with Gasteiger partial charge in [-0.25, -0.2) is 0 Å². The minimum absolute atomic E-state index is 0.245. The van der Waals surface area contributed by atoms with Crippen LogP contribution in [0.15, 0.2) is 0 Å². The molecule has 1 saturated heterocycles. The molecule has 1 aliphatic heterocycles. The number of piperidine rings is 1. The fraction of sp³-hybridized carbons (Fsp3) is 0.909. The van der Waals surface area contributed by atoms with Crippen LogP contribution in [0.1, 0.15) is 32.6 Å². The third kappa shape index (κ3) is 1.90. The van der Waals surface area contributed by atoms with E-state index in [1.807, 2.05) is 0 Å². The summed E-state index contributed by atoms with van der Waals surface area (Å²) in [5, 5.41) is 0. The Morgan fingerprint density at radius 1 is 1.50 bits per heavy atom. The van der Waals surface area contributed by atoms with Gasteiger partial charge in [0.2, 0.25) is 5.91 Å². The first-order valence-electron chi connectivity index (χ1n) is 5.57. The van der Waals surface area contributed by atoms with Crippen LogP contribution in [0.5, 0.6) is 0 Å². The Balaban J connectivity index is 1.97. The first kappa shape index (κ1) is 10.3. The summed E-state index contributed by atoms with van der Waals surface area (Å²) >= 11 is 5.84. The molecule has 0 N–H and O–H groups in total. The summed E-state index contributed by atoms with van der Waals surface area (Å²) in [4.78, 5) is 13.5. The zero-order chi connectivity index (χ0) is 10.1. The summed E-state index contributed by atoms with van der Waals surface area (Å²) < 4.78 is 0. The summed E-state index contributed by atoms with van der Waals surface area (Å²) in [5.41, 5.74) is 0. The van der Waals surface area contributed by atoms with E-state index in [2.05, 4.69) is 4.90 Å². The minimum atomic E-state index is 0.245. The SMILES string of the molecule is CC(=O)N1CCCCC1C1CC1CCl. The van der Waals surface area contributed by atoms with Gasteiger partial charge in [-0.2, -0.15) is 0 Å². The molecule has 0 spiro atoms. The smallest absolute Gasteiger partial charge is 0.219 e. The Kier molecular flexibility index (Phi) is 3.01. The summed E-state index contributed by atoms with van der Waals surface area (Å²) in [6.07, 6.45) is 4.88. The van der Waals surface area contributed by atoms with Crippen molar-refractivity contribution in [2.24, 2.45) is 11.8 Å². The number of nitrogens with zero attached hydrogens (tertiary/aromatic N) is 1. The van der Waals surface area contributed by atoms with Crippen molar-refractivity contribution in [1.29, 1.82) is 0 Å². The number of rotatable bonds is 2. The second-order valence-electron chi connectivity index (χ2n) is 4.59. The van der Waals surface area contributed by atoms with Crippen molar-refractivity contribution in [3.8, 4) is 0 Å². The van der Waals surface area contributed by atoms with Crippen molar-refractivity contribution in [3.63, 3.8) is 0 Å². The average Bonchev–Trinajstić information content (AvgIpc) is 2.96. The largest absolute Gasteiger partial charge is 0.340 e. The van der Waals surface area contributed by atoms with Crippen LogP contribution in [-0.4, -0.2) is 29.3 Å². The van der Waals surface area contributed by atoms with Crippen molar-refractivity contribution in [3.05, 3.63) is 0 Å². The van der Waals surface area contributed by atoms with E-state index in [1.54, 1.807) is 6.92 Å². The number of amides is 1. The highest BCUT2D eigenvalue weighted by Crippen LogP contribution is 2.46. The Hall–Kier alpha value is -0.240. The molecule has 0 aromatic carbocycles. The molecule has 1 heterocycles. The summed E-state index contributed by atoms with van der Waals surface area (Å²) in [5.74, 6) is 2.40. The van der Waals surface area contributed by atoms with Gasteiger partial charge in [-0.05, 0) is 37.5 Å². The summed E-state index contributed by atoms with van der Waals surface area (Å²) in [6.45, 7) is 2.65. The van der Waals surface area contributed by atoms with Gasteiger partial charge in [0.1, 0.15) is 0 Å². The molecular formula is C11H18ClNO. The fourth-order valence-electron chi connectivity index (χ4n) is 2.71. The van der Waals surface area contributed by atoms with Crippen molar-refractivity contribution in [2.45, 2.75) is 38.6 Å². The van der Waals surface area contributed by atoms with E-state index in [9.17, 15) is 4.79 Å². The third-order valence-corrected chi connectivity index (χ3v) is 4.02. The zero-order valence-corrected chi connectivity index (χ0v) is 9.46. The van der Waals surface area contributed by atoms with Gasteiger partial charge in [0.05, 0.1) is 0 Å². The van der Waals surface area contributed by atoms with Gasteiger partial charge in [0.25, 0.3) is 0 Å². The van der Waals surface area contributed by atoms with Gasteiger partial charge >= 0.3 is 0 Å². The van der Waals surface area contributed by atoms with Gasteiger partial charge in [-0.15, -0.1) is 11.6 Å². The number of carbonyl (C=O) groups excluding carboxylic acids is 1. The van der Waals surface area contributed by atoms with Crippen molar-refractivity contribution < 1.29 is 4.79 Å². The lowest BCUT2D eigenvalue weighted by atomic mass is 9.97. The fourth-order valence-corrected chi connectivity index (χ4v) is 3.07. The minimum Gasteiger partial charge on any atom is -0.340 e. The summed E-state index contributed by atoms with van der Waals surface area (Å²) in [7, 11) is 0. The first-order chi connectivity index (χ1) is 6.74.